The fourth-order valence-corrected chi connectivity index (χ4v) is 4.10. The molecule has 2 heterocycles. The van der Waals surface area contributed by atoms with Crippen molar-refractivity contribution in [2.24, 2.45) is 11.7 Å². The van der Waals surface area contributed by atoms with Crippen LogP contribution in [0.2, 0.25) is 0 Å². The molecule has 2 saturated heterocycles. The Morgan fingerprint density at radius 2 is 2.14 bits per heavy atom. The zero-order valence-electron chi connectivity index (χ0n) is 13.4. The Hall–Kier alpha value is -1.39. The fourth-order valence-electron chi connectivity index (χ4n) is 4.10. The molecule has 120 valence electrons. The van der Waals surface area contributed by atoms with Crippen LogP contribution >= 0.6 is 0 Å². The zero-order valence-corrected chi connectivity index (χ0v) is 13.4. The van der Waals surface area contributed by atoms with Gasteiger partial charge in [0.1, 0.15) is 0 Å². The Labute approximate surface area is 133 Å². The predicted molar refractivity (Wildman–Crippen MR) is 88.6 cm³/mol. The first kappa shape index (κ1) is 15.5. The average molecular weight is 301 g/mol. The first-order chi connectivity index (χ1) is 10.7. The number of nitrogens with one attached hydrogen (secondary N) is 1. The van der Waals surface area contributed by atoms with Crippen LogP contribution in [0.3, 0.4) is 0 Å². The standard InChI is InChI=1S/C18H27N3O/c1-2-18(9-6-10-20-18)17(22)21-12-15(11-19)16(13-21)14-7-4-3-5-8-14/h3-5,7-8,15-16,20H,2,6,9-13,19H2,1H3/t15-,16+,18?/m1/s1. The van der Waals surface area contributed by atoms with Crippen LogP contribution in [0, 0.1) is 5.92 Å². The van der Waals surface area contributed by atoms with Crippen molar-refractivity contribution in [1.82, 2.24) is 10.2 Å². The SMILES string of the molecule is CCC1(C(=O)N2C[C@@H](CN)[C@H](c3ccccc3)C2)CCCN1. The maximum absolute atomic E-state index is 13.1. The lowest BCUT2D eigenvalue weighted by Gasteiger charge is -2.32. The van der Waals surface area contributed by atoms with E-state index in [0.29, 0.717) is 18.4 Å². The molecule has 0 bridgehead atoms. The van der Waals surface area contributed by atoms with Crippen molar-refractivity contribution in [3.63, 3.8) is 0 Å². The van der Waals surface area contributed by atoms with Gasteiger partial charge in [0, 0.05) is 19.0 Å². The number of hydrogen-bond acceptors (Lipinski definition) is 3. The second-order valence-electron chi connectivity index (χ2n) is 6.69. The van der Waals surface area contributed by atoms with Crippen LogP contribution in [0.5, 0.6) is 0 Å². The van der Waals surface area contributed by atoms with E-state index in [4.69, 9.17) is 5.73 Å². The van der Waals surface area contributed by atoms with Gasteiger partial charge in [0.05, 0.1) is 5.54 Å². The van der Waals surface area contributed by atoms with E-state index in [2.05, 4.69) is 41.4 Å². The highest BCUT2D eigenvalue weighted by Crippen LogP contribution is 2.35. The summed E-state index contributed by atoms with van der Waals surface area (Å²) in [6.07, 6.45) is 2.92. The van der Waals surface area contributed by atoms with E-state index in [1.54, 1.807) is 0 Å². The van der Waals surface area contributed by atoms with E-state index in [0.717, 1.165) is 38.9 Å². The number of likely N-dealkylation sites (tertiary alicyclic amines) is 1. The molecule has 22 heavy (non-hydrogen) atoms. The zero-order chi connectivity index (χ0) is 15.6. The van der Waals surface area contributed by atoms with Crippen LogP contribution in [0.25, 0.3) is 0 Å². The van der Waals surface area contributed by atoms with E-state index >= 15 is 0 Å². The Bertz CT molecular complexity index is 510. The smallest absolute Gasteiger partial charge is 0.242 e. The van der Waals surface area contributed by atoms with Crippen LogP contribution in [-0.4, -0.2) is 42.5 Å². The van der Waals surface area contributed by atoms with Crippen molar-refractivity contribution in [1.29, 1.82) is 0 Å². The van der Waals surface area contributed by atoms with Gasteiger partial charge in [-0.15, -0.1) is 0 Å². The Morgan fingerprint density at radius 3 is 2.73 bits per heavy atom. The lowest BCUT2D eigenvalue weighted by molar-refractivity contribution is -0.137. The molecule has 2 aliphatic heterocycles. The highest BCUT2D eigenvalue weighted by molar-refractivity contribution is 5.87. The summed E-state index contributed by atoms with van der Waals surface area (Å²) in [5, 5.41) is 3.46. The van der Waals surface area contributed by atoms with E-state index in [1.807, 2.05) is 6.07 Å². The molecular weight excluding hydrogens is 274 g/mol. The third-order valence-corrected chi connectivity index (χ3v) is 5.52. The normalized spacial score (nSPS) is 31.6. The summed E-state index contributed by atoms with van der Waals surface area (Å²) in [6, 6.07) is 10.5. The number of hydrogen-bond donors (Lipinski definition) is 2. The van der Waals surface area contributed by atoms with Gasteiger partial charge in [-0.25, -0.2) is 0 Å². The molecule has 0 aromatic heterocycles. The minimum Gasteiger partial charge on any atom is -0.340 e. The fraction of sp³-hybridized carbons (Fsp3) is 0.611. The van der Waals surface area contributed by atoms with Gasteiger partial charge in [0.2, 0.25) is 5.91 Å². The summed E-state index contributed by atoms with van der Waals surface area (Å²) in [4.78, 5) is 15.1. The van der Waals surface area contributed by atoms with Crippen molar-refractivity contribution in [2.75, 3.05) is 26.2 Å². The monoisotopic (exact) mass is 301 g/mol. The molecule has 3 N–H and O–H groups in total. The lowest BCUT2D eigenvalue weighted by Crippen LogP contribution is -2.54. The van der Waals surface area contributed by atoms with Gasteiger partial charge in [0.25, 0.3) is 0 Å². The molecule has 1 amide bonds. The van der Waals surface area contributed by atoms with Crippen LogP contribution in [0.1, 0.15) is 37.7 Å². The van der Waals surface area contributed by atoms with E-state index in [1.165, 1.54) is 5.56 Å². The van der Waals surface area contributed by atoms with Crippen molar-refractivity contribution in [3.8, 4) is 0 Å². The second-order valence-corrected chi connectivity index (χ2v) is 6.69. The molecule has 1 aromatic rings. The van der Waals surface area contributed by atoms with E-state index in [9.17, 15) is 4.79 Å². The van der Waals surface area contributed by atoms with Crippen LogP contribution in [-0.2, 0) is 4.79 Å². The summed E-state index contributed by atoms with van der Waals surface area (Å²) in [5.74, 6) is 1.01. The van der Waals surface area contributed by atoms with Gasteiger partial charge >= 0.3 is 0 Å². The molecular formula is C18H27N3O. The molecule has 0 spiro atoms. The molecule has 0 saturated carbocycles. The minimum absolute atomic E-state index is 0.282. The van der Waals surface area contributed by atoms with Crippen LogP contribution in [0.15, 0.2) is 30.3 Å². The maximum Gasteiger partial charge on any atom is 0.242 e. The number of carbonyl (C=O) groups excluding carboxylic acids is 1. The van der Waals surface area contributed by atoms with Gasteiger partial charge < -0.3 is 16.0 Å². The molecule has 3 rings (SSSR count). The summed E-state index contributed by atoms with van der Waals surface area (Å²) in [7, 11) is 0. The number of nitrogens with zero attached hydrogens (tertiary/aromatic N) is 1. The molecule has 2 aliphatic rings. The van der Waals surface area contributed by atoms with Gasteiger partial charge in [0.15, 0.2) is 0 Å². The Balaban J connectivity index is 1.78. The quantitative estimate of drug-likeness (QED) is 0.890. The molecule has 1 aromatic carbocycles. The average Bonchev–Trinajstić information content (AvgIpc) is 3.22. The molecule has 4 nitrogen and oxygen atoms in total. The van der Waals surface area contributed by atoms with Crippen molar-refractivity contribution >= 4 is 5.91 Å². The Morgan fingerprint density at radius 1 is 1.36 bits per heavy atom. The molecule has 3 atom stereocenters. The summed E-state index contributed by atoms with van der Waals surface area (Å²) >= 11 is 0. The van der Waals surface area contributed by atoms with Crippen molar-refractivity contribution in [3.05, 3.63) is 35.9 Å². The van der Waals surface area contributed by atoms with Crippen LogP contribution < -0.4 is 11.1 Å². The highest BCUT2D eigenvalue weighted by atomic mass is 16.2. The third kappa shape index (κ3) is 2.66. The molecule has 0 radical (unpaired) electrons. The maximum atomic E-state index is 13.1. The Kier molecular flexibility index (Phi) is 4.50. The second kappa shape index (κ2) is 6.39. The number of amides is 1. The summed E-state index contributed by atoms with van der Waals surface area (Å²) in [6.45, 7) is 5.29. The topological polar surface area (TPSA) is 58.4 Å². The largest absolute Gasteiger partial charge is 0.340 e. The molecule has 1 unspecified atom stereocenters. The van der Waals surface area contributed by atoms with Crippen molar-refractivity contribution in [2.45, 2.75) is 37.6 Å². The minimum atomic E-state index is -0.329. The van der Waals surface area contributed by atoms with E-state index in [-0.39, 0.29) is 11.4 Å². The van der Waals surface area contributed by atoms with E-state index < -0.39 is 0 Å². The third-order valence-electron chi connectivity index (χ3n) is 5.52. The predicted octanol–water partition coefficient (Wildman–Crippen LogP) is 1.72. The molecule has 4 heteroatoms. The number of nitrogens with two attached hydrogens (primary N) is 1. The van der Waals surface area contributed by atoms with Crippen LogP contribution in [0.4, 0.5) is 0 Å². The summed E-state index contributed by atoms with van der Waals surface area (Å²) in [5.41, 5.74) is 6.96. The van der Waals surface area contributed by atoms with Crippen molar-refractivity contribution < 1.29 is 4.79 Å². The first-order valence-electron chi connectivity index (χ1n) is 8.49. The van der Waals surface area contributed by atoms with Gasteiger partial charge in [-0.1, -0.05) is 37.3 Å². The van der Waals surface area contributed by atoms with Gasteiger partial charge in [-0.2, -0.15) is 0 Å². The molecule has 2 fully saturated rings. The highest BCUT2D eigenvalue weighted by Gasteiger charge is 2.45. The lowest BCUT2D eigenvalue weighted by atomic mass is 9.89. The first-order valence-corrected chi connectivity index (χ1v) is 8.49. The number of benzene rings is 1. The van der Waals surface area contributed by atoms with Gasteiger partial charge in [-0.05, 0) is 43.8 Å². The number of carbonyl (C=O) groups is 1. The number of rotatable bonds is 4. The summed E-state index contributed by atoms with van der Waals surface area (Å²) < 4.78 is 0. The molecule has 0 aliphatic carbocycles. The van der Waals surface area contributed by atoms with Gasteiger partial charge in [-0.3, -0.25) is 4.79 Å².